The maximum atomic E-state index is 12.5. The first-order valence-electron chi connectivity index (χ1n) is 7.77. The molecule has 1 heterocycles. The van der Waals surface area contributed by atoms with Gasteiger partial charge in [-0.15, -0.1) is 0 Å². The molecule has 1 aromatic heterocycles. The van der Waals surface area contributed by atoms with Crippen molar-refractivity contribution in [2.45, 2.75) is 34.1 Å². The molecule has 1 rings (SSSR count). The first kappa shape index (κ1) is 17.4. The Labute approximate surface area is 128 Å². The van der Waals surface area contributed by atoms with Gasteiger partial charge in [0.1, 0.15) is 5.82 Å². The zero-order valence-corrected chi connectivity index (χ0v) is 13.7. The van der Waals surface area contributed by atoms with Crippen LogP contribution >= 0.6 is 0 Å². The number of anilines is 1. The summed E-state index contributed by atoms with van der Waals surface area (Å²) < 4.78 is 0. The summed E-state index contributed by atoms with van der Waals surface area (Å²) in [5.41, 5.74) is 7.13. The van der Waals surface area contributed by atoms with E-state index in [0.717, 1.165) is 38.3 Å². The average Bonchev–Trinajstić information content (AvgIpc) is 2.46. The third-order valence-corrected chi connectivity index (χ3v) is 3.69. The van der Waals surface area contributed by atoms with Gasteiger partial charge in [0, 0.05) is 24.3 Å². The number of carbonyl (C=O) groups excluding carboxylic acids is 1. The van der Waals surface area contributed by atoms with Gasteiger partial charge in [-0.3, -0.25) is 4.79 Å². The number of aryl methyl sites for hydroxylation is 1. The van der Waals surface area contributed by atoms with Crippen LogP contribution in [0, 0.1) is 6.92 Å². The summed E-state index contributed by atoms with van der Waals surface area (Å²) in [6.07, 6.45) is 0.987. The Morgan fingerprint density at radius 1 is 1.14 bits per heavy atom. The minimum Gasteiger partial charge on any atom is -0.384 e. The van der Waals surface area contributed by atoms with E-state index in [1.54, 1.807) is 12.1 Å². The molecule has 0 spiro atoms. The molecule has 0 unspecified atom stereocenters. The molecular formula is C16H28N4O. The number of nitrogens with two attached hydrogens (primary N) is 1. The average molecular weight is 292 g/mol. The van der Waals surface area contributed by atoms with Gasteiger partial charge < -0.3 is 15.5 Å². The molecule has 0 radical (unpaired) electrons. The van der Waals surface area contributed by atoms with Gasteiger partial charge in [0.05, 0.1) is 0 Å². The van der Waals surface area contributed by atoms with Crippen molar-refractivity contribution in [3.63, 3.8) is 0 Å². The first-order chi connectivity index (χ1) is 10.0. The minimum absolute atomic E-state index is 0.0363. The van der Waals surface area contributed by atoms with Crippen LogP contribution in [0.4, 0.5) is 5.82 Å². The zero-order chi connectivity index (χ0) is 15.8. The van der Waals surface area contributed by atoms with Crippen molar-refractivity contribution in [1.29, 1.82) is 0 Å². The molecule has 0 aliphatic rings. The molecule has 1 amide bonds. The van der Waals surface area contributed by atoms with Crippen molar-refractivity contribution < 1.29 is 4.79 Å². The monoisotopic (exact) mass is 292 g/mol. The Balaban J connectivity index is 2.64. The maximum absolute atomic E-state index is 12.5. The molecule has 0 aliphatic carbocycles. The van der Waals surface area contributed by atoms with Crippen molar-refractivity contribution in [2.24, 2.45) is 0 Å². The first-order valence-corrected chi connectivity index (χ1v) is 7.77. The molecule has 0 fully saturated rings. The second-order valence-electron chi connectivity index (χ2n) is 5.19. The fourth-order valence-electron chi connectivity index (χ4n) is 2.43. The third-order valence-electron chi connectivity index (χ3n) is 3.69. The van der Waals surface area contributed by atoms with Gasteiger partial charge in [0.25, 0.3) is 5.91 Å². The highest BCUT2D eigenvalue weighted by Gasteiger charge is 2.15. The predicted octanol–water partition coefficient (Wildman–Crippen LogP) is 2.17. The Kier molecular flexibility index (Phi) is 7.15. The van der Waals surface area contributed by atoms with Crippen molar-refractivity contribution in [3.8, 4) is 0 Å². The summed E-state index contributed by atoms with van der Waals surface area (Å²) in [5, 5.41) is 0. The Morgan fingerprint density at radius 3 is 2.33 bits per heavy atom. The molecule has 118 valence electrons. The minimum atomic E-state index is 0.0363. The molecule has 1 aromatic rings. The highest BCUT2D eigenvalue weighted by Crippen LogP contribution is 2.11. The Bertz CT molecular complexity index is 437. The molecule has 5 heteroatoms. The molecule has 0 saturated heterocycles. The van der Waals surface area contributed by atoms with E-state index in [2.05, 4.69) is 23.7 Å². The molecule has 0 bridgehead atoms. The van der Waals surface area contributed by atoms with Gasteiger partial charge in [0.2, 0.25) is 0 Å². The number of amides is 1. The van der Waals surface area contributed by atoms with Crippen LogP contribution in [0.5, 0.6) is 0 Å². The van der Waals surface area contributed by atoms with Gasteiger partial charge in [-0.05, 0) is 52.0 Å². The number of hydrogen-bond donors (Lipinski definition) is 1. The zero-order valence-electron chi connectivity index (χ0n) is 13.7. The highest BCUT2D eigenvalue weighted by atomic mass is 16.2. The lowest BCUT2D eigenvalue weighted by Crippen LogP contribution is -2.34. The van der Waals surface area contributed by atoms with Gasteiger partial charge in [-0.25, -0.2) is 4.98 Å². The summed E-state index contributed by atoms with van der Waals surface area (Å²) >= 11 is 0. The Morgan fingerprint density at radius 2 is 1.81 bits per heavy atom. The predicted molar refractivity (Wildman–Crippen MR) is 87.4 cm³/mol. The molecule has 2 N–H and O–H groups in total. The van der Waals surface area contributed by atoms with Gasteiger partial charge >= 0.3 is 0 Å². The number of pyridine rings is 1. The van der Waals surface area contributed by atoms with Crippen LogP contribution in [0.3, 0.4) is 0 Å². The van der Waals surface area contributed by atoms with Crippen LogP contribution in [-0.4, -0.2) is 53.4 Å². The molecule has 0 aromatic carbocycles. The second-order valence-corrected chi connectivity index (χ2v) is 5.19. The number of aromatic nitrogens is 1. The van der Waals surface area contributed by atoms with Gasteiger partial charge in [0.15, 0.2) is 0 Å². The van der Waals surface area contributed by atoms with Crippen molar-refractivity contribution >= 4 is 11.7 Å². The summed E-state index contributed by atoms with van der Waals surface area (Å²) in [5.74, 6) is 0.437. The number of nitrogens with zero attached hydrogens (tertiary/aromatic N) is 3. The van der Waals surface area contributed by atoms with Crippen LogP contribution in [0.15, 0.2) is 12.1 Å². The second kappa shape index (κ2) is 8.62. The van der Waals surface area contributed by atoms with Crippen LogP contribution < -0.4 is 5.73 Å². The van der Waals surface area contributed by atoms with E-state index in [1.807, 2.05) is 18.7 Å². The van der Waals surface area contributed by atoms with E-state index in [1.165, 1.54) is 0 Å². The Hall–Kier alpha value is -1.62. The quantitative estimate of drug-likeness (QED) is 0.797. The van der Waals surface area contributed by atoms with Gasteiger partial charge in [-0.2, -0.15) is 0 Å². The van der Waals surface area contributed by atoms with Crippen molar-refractivity contribution in [2.75, 3.05) is 38.5 Å². The number of hydrogen-bond acceptors (Lipinski definition) is 4. The molecule has 5 nitrogen and oxygen atoms in total. The third kappa shape index (κ3) is 5.34. The SMILES string of the molecule is CCN(CC)CCCN(CC)C(=O)c1cc(C)nc(N)c1. The number of carbonyl (C=O) groups is 1. The van der Waals surface area contributed by atoms with E-state index < -0.39 is 0 Å². The fraction of sp³-hybridized carbons (Fsp3) is 0.625. The molecule has 0 saturated carbocycles. The van der Waals surface area contributed by atoms with E-state index in [-0.39, 0.29) is 5.91 Å². The normalized spacial score (nSPS) is 10.9. The van der Waals surface area contributed by atoms with Gasteiger partial charge in [-0.1, -0.05) is 13.8 Å². The number of nitrogen functional groups attached to an aromatic ring is 1. The van der Waals surface area contributed by atoms with Crippen LogP contribution in [0.25, 0.3) is 0 Å². The lowest BCUT2D eigenvalue weighted by molar-refractivity contribution is 0.0757. The summed E-state index contributed by atoms with van der Waals surface area (Å²) in [7, 11) is 0. The van der Waals surface area contributed by atoms with E-state index >= 15 is 0 Å². The number of rotatable bonds is 8. The lowest BCUT2D eigenvalue weighted by atomic mass is 10.2. The van der Waals surface area contributed by atoms with Crippen LogP contribution in [0.1, 0.15) is 43.2 Å². The maximum Gasteiger partial charge on any atom is 0.254 e. The summed E-state index contributed by atoms with van der Waals surface area (Å²) in [4.78, 5) is 20.9. The van der Waals surface area contributed by atoms with Crippen LogP contribution in [-0.2, 0) is 0 Å². The van der Waals surface area contributed by atoms with Crippen molar-refractivity contribution in [3.05, 3.63) is 23.4 Å². The van der Waals surface area contributed by atoms with E-state index in [0.29, 0.717) is 17.9 Å². The summed E-state index contributed by atoms with van der Waals surface area (Å²) in [6, 6.07) is 3.45. The molecular weight excluding hydrogens is 264 g/mol. The van der Waals surface area contributed by atoms with Crippen LogP contribution in [0.2, 0.25) is 0 Å². The standard InChI is InChI=1S/C16H28N4O/c1-5-19(6-2)9-8-10-20(7-3)16(21)14-11-13(4)18-15(17)12-14/h11-12H,5-10H2,1-4H3,(H2,17,18). The summed E-state index contributed by atoms with van der Waals surface area (Å²) in [6.45, 7) is 12.8. The molecule has 0 atom stereocenters. The molecule has 21 heavy (non-hydrogen) atoms. The highest BCUT2D eigenvalue weighted by molar-refractivity contribution is 5.94. The lowest BCUT2D eigenvalue weighted by Gasteiger charge is -2.24. The fourth-order valence-corrected chi connectivity index (χ4v) is 2.43. The van der Waals surface area contributed by atoms with E-state index in [9.17, 15) is 4.79 Å². The van der Waals surface area contributed by atoms with E-state index in [4.69, 9.17) is 5.73 Å². The topological polar surface area (TPSA) is 62.5 Å². The smallest absolute Gasteiger partial charge is 0.254 e. The molecule has 0 aliphatic heterocycles. The van der Waals surface area contributed by atoms with Crippen molar-refractivity contribution in [1.82, 2.24) is 14.8 Å². The largest absolute Gasteiger partial charge is 0.384 e.